The average Bonchev–Trinajstić information content (AvgIpc) is 3.06. The van der Waals surface area contributed by atoms with Gasteiger partial charge < -0.3 is 9.30 Å². The van der Waals surface area contributed by atoms with Gasteiger partial charge in [0, 0.05) is 18.9 Å². The van der Waals surface area contributed by atoms with Crippen LogP contribution >= 0.6 is 23.2 Å². The number of ether oxygens (including phenoxy) is 1. The number of aromatic nitrogens is 2. The molecule has 108 valence electrons. The zero-order valence-corrected chi connectivity index (χ0v) is 13.0. The van der Waals surface area contributed by atoms with Crippen LogP contribution in [0, 0.1) is 0 Å². The summed E-state index contributed by atoms with van der Waals surface area (Å²) in [5.74, 6) is 1.55. The summed E-state index contributed by atoms with van der Waals surface area (Å²) in [4.78, 5) is 4.69. The van der Waals surface area contributed by atoms with Crippen LogP contribution < -0.4 is 0 Å². The quantitative estimate of drug-likeness (QED) is 0.791. The van der Waals surface area contributed by atoms with E-state index in [1.807, 2.05) is 12.1 Å². The molecule has 2 aromatic rings. The highest BCUT2D eigenvalue weighted by Crippen LogP contribution is 2.31. The van der Waals surface area contributed by atoms with E-state index in [1.165, 1.54) is 0 Å². The smallest absolute Gasteiger partial charge is 0.111 e. The van der Waals surface area contributed by atoms with Crippen LogP contribution in [0.4, 0.5) is 0 Å². The van der Waals surface area contributed by atoms with Crippen molar-refractivity contribution in [3.8, 4) is 0 Å². The number of fused-ring (bicyclic) bond motifs is 1. The molecule has 0 amide bonds. The van der Waals surface area contributed by atoms with Gasteiger partial charge in [-0.15, -0.1) is 11.6 Å². The summed E-state index contributed by atoms with van der Waals surface area (Å²) in [6, 6.07) is 6.16. The number of alkyl halides is 1. The first-order valence-electron chi connectivity index (χ1n) is 7.05. The molecular formula is C15H18Cl2N2O. The molecule has 0 radical (unpaired) electrons. The van der Waals surface area contributed by atoms with Crippen molar-refractivity contribution in [3.05, 3.63) is 29.0 Å². The van der Waals surface area contributed by atoms with Crippen molar-refractivity contribution in [2.45, 2.75) is 38.3 Å². The molecular weight excluding hydrogens is 295 g/mol. The Labute approximate surface area is 128 Å². The third kappa shape index (κ3) is 2.43. The van der Waals surface area contributed by atoms with E-state index >= 15 is 0 Å². The SMILES string of the molecule is CC(C1CCCO1)n1c(CCCl)nc2c(Cl)cccc21. The molecule has 1 aliphatic rings. The first-order chi connectivity index (χ1) is 9.72. The summed E-state index contributed by atoms with van der Waals surface area (Å²) in [6.07, 6.45) is 3.22. The third-order valence-electron chi connectivity index (χ3n) is 3.97. The molecule has 1 aromatic heterocycles. The molecule has 1 aliphatic heterocycles. The maximum absolute atomic E-state index is 6.27. The second-order valence-electron chi connectivity index (χ2n) is 5.24. The summed E-state index contributed by atoms with van der Waals surface area (Å²) in [5.41, 5.74) is 1.93. The number of imidazole rings is 1. The summed E-state index contributed by atoms with van der Waals surface area (Å²) < 4.78 is 8.09. The molecule has 20 heavy (non-hydrogen) atoms. The average molecular weight is 313 g/mol. The standard InChI is InChI=1S/C15H18Cl2N2O/c1-10(13-6-3-9-20-13)19-12-5-2-4-11(17)15(12)18-14(19)7-8-16/h2,4-5,10,13H,3,6-9H2,1H3. The van der Waals surface area contributed by atoms with Crippen LogP contribution in [0.1, 0.15) is 31.6 Å². The molecule has 3 rings (SSSR count). The second kappa shape index (κ2) is 5.92. The summed E-state index contributed by atoms with van der Waals surface area (Å²) in [7, 11) is 0. The third-order valence-corrected chi connectivity index (χ3v) is 4.47. The molecule has 2 atom stereocenters. The highest BCUT2D eigenvalue weighted by molar-refractivity contribution is 6.34. The number of hydrogen-bond donors (Lipinski definition) is 0. The van der Waals surface area contributed by atoms with Crippen LogP contribution in [0.2, 0.25) is 5.02 Å². The Morgan fingerprint density at radius 1 is 1.50 bits per heavy atom. The van der Waals surface area contributed by atoms with Crippen molar-refractivity contribution < 1.29 is 4.74 Å². The van der Waals surface area contributed by atoms with Gasteiger partial charge in [0.2, 0.25) is 0 Å². The van der Waals surface area contributed by atoms with E-state index in [0.29, 0.717) is 10.9 Å². The lowest BCUT2D eigenvalue weighted by Gasteiger charge is -2.23. The van der Waals surface area contributed by atoms with Gasteiger partial charge in [0.25, 0.3) is 0 Å². The van der Waals surface area contributed by atoms with Gasteiger partial charge in [0.15, 0.2) is 0 Å². The lowest BCUT2D eigenvalue weighted by Crippen LogP contribution is -2.22. The zero-order valence-electron chi connectivity index (χ0n) is 11.5. The van der Waals surface area contributed by atoms with E-state index < -0.39 is 0 Å². The maximum atomic E-state index is 6.27. The van der Waals surface area contributed by atoms with Crippen molar-refractivity contribution in [1.29, 1.82) is 0 Å². The molecule has 0 saturated carbocycles. The normalized spacial score (nSPS) is 20.6. The molecule has 5 heteroatoms. The van der Waals surface area contributed by atoms with Gasteiger partial charge in [-0.3, -0.25) is 0 Å². The Morgan fingerprint density at radius 2 is 2.35 bits per heavy atom. The van der Waals surface area contributed by atoms with E-state index in [4.69, 9.17) is 27.9 Å². The Bertz CT molecular complexity index is 605. The van der Waals surface area contributed by atoms with Crippen LogP contribution in [0.3, 0.4) is 0 Å². The van der Waals surface area contributed by atoms with Crippen molar-refractivity contribution in [2.75, 3.05) is 12.5 Å². The van der Waals surface area contributed by atoms with Gasteiger partial charge in [0.05, 0.1) is 22.7 Å². The van der Waals surface area contributed by atoms with Crippen LogP contribution in [0.15, 0.2) is 18.2 Å². The van der Waals surface area contributed by atoms with E-state index in [1.54, 1.807) is 0 Å². The van der Waals surface area contributed by atoms with Gasteiger partial charge in [-0.1, -0.05) is 17.7 Å². The molecule has 1 saturated heterocycles. The zero-order chi connectivity index (χ0) is 14.1. The highest BCUT2D eigenvalue weighted by atomic mass is 35.5. The lowest BCUT2D eigenvalue weighted by molar-refractivity contribution is 0.0736. The fourth-order valence-corrected chi connectivity index (χ4v) is 3.38. The Balaban J connectivity index is 2.10. The number of rotatable bonds is 4. The molecule has 1 aromatic carbocycles. The van der Waals surface area contributed by atoms with Crippen LogP contribution in [0.5, 0.6) is 0 Å². The molecule has 0 bridgehead atoms. The monoisotopic (exact) mass is 312 g/mol. The van der Waals surface area contributed by atoms with E-state index in [9.17, 15) is 0 Å². The number of hydrogen-bond acceptors (Lipinski definition) is 2. The van der Waals surface area contributed by atoms with E-state index in [2.05, 4.69) is 22.5 Å². The molecule has 0 aliphatic carbocycles. The van der Waals surface area contributed by atoms with Crippen molar-refractivity contribution in [1.82, 2.24) is 9.55 Å². The largest absolute Gasteiger partial charge is 0.376 e. The van der Waals surface area contributed by atoms with Crippen LogP contribution in [-0.2, 0) is 11.2 Å². The topological polar surface area (TPSA) is 27.1 Å². The van der Waals surface area contributed by atoms with Gasteiger partial charge in [-0.2, -0.15) is 0 Å². The minimum Gasteiger partial charge on any atom is -0.376 e. The molecule has 0 spiro atoms. The number of aryl methyl sites for hydroxylation is 1. The minimum atomic E-state index is 0.249. The lowest BCUT2D eigenvalue weighted by atomic mass is 10.1. The van der Waals surface area contributed by atoms with Gasteiger partial charge in [-0.05, 0) is 31.9 Å². The van der Waals surface area contributed by atoms with Gasteiger partial charge in [0.1, 0.15) is 11.3 Å². The fraction of sp³-hybridized carbons (Fsp3) is 0.533. The highest BCUT2D eigenvalue weighted by Gasteiger charge is 2.27. The number of benzene rings is 1. The predicted octanol–water partition coefficient (Wildman–Crippen LogP) is 4.21. The first kappa shape index (κ1) is 14.2. The fourth-order valence-electron chi connectivity index (χ4n) is 3.00. The predicted molar refractivity (Wildman–Crippen MR) is 82.9 cm³/mol. The second-order valence-corrected chi connectivity index (χ2v) is 6.02. The van der Waals surface area contributed by atoms with Gasteiger partial charge in [-0.25, -0.2) is 4.98 Å². The van der Waals surface area contributed by atoms with Crippen molar-refractivity contribution in [2.24, 2.45) is 0 Å². The Kier molecular flexibility index (Phi) is 4.20. The Morgan fingerprint density at radius 3 is 3.05 bits per heavy atom. The number of para-hydroxylation sites is 1. The molecule has 3 nitrogen and oxygen atoms in total. The summed E-state index contributed by atoms with van der Waals surface area (Å²) in [6.45, 7) is 3.04. The van der Waals surface area contributed by atoms with Crippen molar-refractivity contribution >= 4 is 34.2 Å². The van der Waals surface area contributed by atoms with E-state index in [0.717, 1.165) is 42.7 Å². The summed E-state index contributed by atoms with van der Waals surface area (Å²) in [5, 5.41) is 0.691. The maximum Gasteiger partial charge on any atom is 0.111 e. The molecule has 2 unspecified atom stereocenters. The van der Waals surface area contributed by atoms with Crippen LogP contribution in [-0.4, -0.2) is 28.1 Å². The minimum absolute atomic E-state index is 0.249. The van der Waals surface area contributed by atoms with Crippen LogP contribution in [0.25, 0.3) is 11.0 Å². The number of nitrogens with zero attached hydrogens (tertiary/aromatic N) is 2. The Hall–Kier alpha value is -0.770. The number of halogens is 2. The first-order valence-corrected chi connectivity index (χ1v) is 7.96. The molecule has 2 heterocycles. The summed E-state index contributed by atoms with van der Waals surface area (Å²) >= 11 is 12.2. The van der Waals surface area contributed by atoms with Crippen molar-refractivity contribution in [3.63, 3.8) is 0 Å². The molecule has 0 N–H and O–H groups in total. The molecule has 1 fully saturated rings. The van der Waals surface area contributed by atoms with E-state index in [-0.39, 0.29) is 12.1 Å². The van der Waals surface area contributed by atoms with Gasteiger partial charge >= 0.3 is 0 Å².